The minimum atomic E-state index is -0.999. The molecule has 29 heavy (non-hydrogen) atoms. The second kappa shape index (κ2) is 10.2. The first-order chi connectivity index (χ1) is 13.4. The van der Waals surface area contributed by atoms with Crippen molar-refractivity contribution in [3.63, 3.8) is 0 Å². The van der Waals surface area contributed by atoms with Gasteiger partial charge in [-0.3, -0.25) is 4.79 Å². The van der Waals surface area contributed by atoms with Crippen molar-refractivity contribution < 1.29 is 14.7 Å². The summed E-state index contributed by atoms with van der Waals surface area (Å²) in [5.41, 5.74) is 8.84. The van der Waals surface area contributed by atoms with Gasteiger partial charge in [0.1, 0.15) is 6.04 Å². The summed E-state index contributed by atoms with van der Waals surface area (Å²) in [4.78, 5) is 24.0. The Hall–Kier alpha value is -1.99. The van der Waals surface area contributed by atoms with E-state index in [1.165, 1.54) is 0 Å². The van der Waals surface area contributed by atoms with Gasteiger partial charge in [-0.05, 0) is 29.7 Å². The lowest BCUT2D eigenvalue weighted by atomic mass is 9.92. The Morgan fingerprint density at radius 2 is 1.83 bits per heavy atom. The topological polar surface area (TPSA) is 104 Å². The van der Waals surface area contributed by atoms with Crippen molar-refractivity contribution in [2.45, 2.75) is 37.9 Å². The van der Waals surface area contributed by atoms with Crippen LogP contribution in [0.2, 0.25) is 10.0 Å². The van der Waals surface area contributed by atoms with Crippen LogP contribution in [0.4, 0.5) is 5.69 Å². The van der Waals surface area contributed by atoms with E-state index >= 15 is 0 Å². The van der Waals surface area contributed by atoms with Crippen molar-refractivity contribution in [3.05, 3.63) is 63.1 Å². The van der Waals surface area contributed by atoms with Crippen LogP contribution in [-0.2, 0) is 22.6 Å². The monoisotopic (exact) mass is 457 g/mol. The number of aryl methyl sites for hydroxylation is 1. The Morgan fingerprint density at radius 3 is 2.45 bits per heavy atom. The Bertz CT molecular complexity index is 891. The van der Waals surface area contributed by atoms with Crippen LogP contribution in [0.15, 0.2) is 36.4 Å². The maximum atomic E-state index is 12.5. The fourth-order valence-electron chi connectivity index (χ4n) is 3.32. The molecule has 3 rings (SSSR count). The van der Waals surface area contributed by atoms with Gasteiger partial charge in [0.15, 0.2) is 0 Å². The Morgan fingerprint density at radius 1 is 1.17 bits per heavy atom. The minimum absolute atomic E-state index is 0. The molecule has 9 heteroatoms. The van der Waals surface area contributed by atoms with E-state index in [0.717, 1.165) is 11.1 Å². The predicted molar refractivity (Wildman–Crippen MR) is 117 cm³/mol. The molecule has 0 spiro atoms. The highest BCUT2D eigenvalue weighted by Crippen LogP contribution is 2.39. The number of carboxylic acids is 1. The van der Waals surface area contributed by atoms with E-state index in [0.29, 0.717) is 34.3 Å². The standard InChI is InChI=1S/C20H21Cl2N3O3.ClH/c21-13-7-14(22)19-15(8-13)24-17(20(27)28)9-16(19)25-18(26)6-5-11-1-3-12(10-23)4-2-11;/h1-4,7-8,16-17,24H,5-6,9-10,23H2,(H,25,26)(H,27,28);1H/t16-,17+;/m1./s1. The van der Waals surface area contributed by atoms with Crippen LogP contribution < -0.4 is 16.4 Å². The normalized spacial score (nSPS) is 17.5. The lowest BCUT2D eigenvalue weighted by Gasteiger charge is -2.32. The summed E-state index contributed by atoms with van der Waals surface area (Å²) in [7, 11) is 0. The van der Waals surface area contributed by atoms with Crippen LogP contribution in [0.5, 0.6) is 0 Å². The van der Waals surface area contributed by atoms with Crippen molar-refractivity contribution in [1.29, 1.82) is 0 Å². The number of carbonyl (C=O) groups is 2. The Balaban J connectivity index is 0.00000300. The number of carboxylic acid groups (broad SMARTS) is 1. The molecule has 0 radical (unpaired) electrons. The number of hydrogen-bond donors (Lipinski definition) is 4. The smallest absolute Gasteiger partial charge is 0.326 e. The van der Waals surface area contributed by atoms with Crippen LogP contribution >= 0.6 is 35.6 Å². The number of hydrogen-bond acceptors (Lipinski definition) is 4. The van der Waals surface area contributed by atoms with Gasteiger partial charge in [0.2, 0.25) is 5.91 Å². The van der Waals surface area contributed by atoms with Gasteiger partial charge >= 0.3 is 5.97 Å². The summed E-state index contributed by atoms with van der Waals surface area (Å²) in [6, 6.07) is 9.65. The third-order valence-corrected chi connectivity index (χ3v) is 5.31. The summed E-state index contributed by atoms with van der Waals surface area (Å²) in [5.74, 6) is -1.17. The van der Waals surface area contributed by atoms with Crippen LogP contribution in [0.1, 0.15) is 35.6 Å². The number of benzene rings is 2. The number of carbonyl (C=O) groups excluding carboxylic acids is 1. The van der Waals surface area contributed by atoms with Gasteiger partial charge in [-0.25, -0.2) is 4.79 Å². The number of nitrogens with two attached hydrogens (primary N) is 1. The maximum absolute atomic E-state index is 12.5. The summed E-state index contributed by atoms with van der Waals surface area (Å²) in [5, 5.41) is 16.0. The number of halogens is 3. The van der Waals surface area contributed by atoms with Crippen molar-refractivity contribution in [2.75, 3.05) is 5.32 Å². The zero-order valence-electron chi connectivity index (χ0n) is 15.5. The molecule has 1 heterocycles. The fourth-order valence-corrected chi connectivity index (χ4v) is 3.94. The molecule has 0 saturated heterocycles. The van der Waals surface area contributed by atoms with Crippen LogP contribution in [0.3, 0.4) is 0 Å². The van der Waals surface area contributed by atoms with Gasteiger partial charge in [0.25, 0.3) is 0 Å². The first-order valence-electron chi connectivity index (χ1n) is 8.93. The molecule has 2 aromatic rings. The van der Waals surface area contributed by atoms with E-state index < -0.39 is 18.1 Å². The average Bonchev–Trinajstić information content (AvgIpc) is 2.65. The molecule has 2 atom stereocenters. The van der Waals surface area contributed by atoms with E-state index in [-0.39, 0.29) is 31.2 Å². The number of aliphatic carboxylic acids is 1. The SMILES string of the molecule is Cl.NCc1ccc(CCC(=O)N[C@@H]2C[C@@H](C(=O)O)Nc3cc(Cl)cc(Cl)c32)cc1. The number of amides is 1. The first-order valence-corrected chi connectivity index (χ1v) is 9.68. The van der Waals surface area contributed by atoms with E-state index in [1.807, 2.05) is 24.3 Å². The molecule has 0 saturated carbocycles. The highest BCUT2D eigenvalue weighted by Gasteiger charge is 2.33. The summed E-state index contributed by atoms with van der Waals surface area (Å²) in [6.07, 6.45) is 1.05. The summed E-state index contributed by atoms with van der Waals surface area (Å²) in [6.45, 7) is 0.478. The van der Waals surface area contributed by atoms with Crippen LogP contribution in [0, 0.1) is 0 Å². The highest BCUT2D eigenvalue weighted by molar-refractivity contribution is 6.35. The van der Waals surface area contributed by atoms with Crippen molar-refractivity contribution in [2.24, 2.45) is 5.73 Å². The molecule has 0 aliphatic carbocycles. The minimum Gasteiger partial charge on any atom is -0.480 e. The predicted octanol–water partition coefficient (Wildman–Crippen LogP) is 3.93. The van der Waals surface area contributed by atoms with Gasteiger partial charge in [-0.2, -0.15) is 0 Å². The number of rotatable bonds is 6. The van der Waals surface area contributed by atoms with E-state index in [4.69, 9.17) is 28.9 Å². The lowest BCUT2D eigenvalue weighted by molar-refractivity contribution is -0.138. The van der Waals surface area contributed by atoms with Crippen LogP contribution in [-0.4, -0.2) is 23.0 Å². The van der Waals surface area contributed by atoms with Gasteiger partial charge in [-0.1, -0.05) is 47.5 Å². The first kappa shape index (κ1) is 23.3. The third-order valence-electron chi connectivity index (χ3n) is 4.78. The zero-order valence-corrected chi connectivity index (χ0v) is 17.8. The molecule has 0 aromatic heterocycles. The molecule has 2 aromatic carbocycles. The van der Waals surface area contributed by atoms with Crippen molar-refractivity contribution >= 4 is 53.2 Å². The average molecular weight is 459 g/mol. The molecule has 1 aliphatic heterocycles. The number of anilines is 1. The van der Waals surface area contributed by atoms with E-state index in [9.17, 15) is 14.7 Å². The largest absolute Gasteiger partial charge is 0.480 e. The Kier molecular flexibility index (Phi) is 8.16. The fraction of sp³-hybridized carbons (Fsp3) is 0.300. The molecule has 0 fully saturated rings. The molecule has 5 N–H and O–H groups in total. The zero-order chi connectivity index (χ0) is 20.3. The van der Waals surface area contributed by atoms with Crippen molar-refractivity contribution in [3.8, 4) is 0 Å². The second-order valence-electron chi connectivity index (χ2n) is 6.76. The van der Waals surface area contributed by atoms with Gasteiger partial charge in [0, 0.05) is 40.7 Å². The quantitative estimate of drug-likeness (QED) is 0.525. The second-order valence-corrected chi connectivity index (χ2v) is 7.60. The maximum Gasteiger partial charge on any atom is 0.326 e. The molecular weight excluding hydrogens is 437 g/mol. The Labute approximate surface area is 185 Å². The molecule has 0 bridgehead atoms. The number of nitrogens with one attached hydrogen (secondary N) is 2. The summed E-state index contributed by atoms with van der Waals surface area (Å²) < 4.78 is 0. The van der Waals surface area contributed by atoms with Gasteiger partial charge in [-0.15, -0.1) is 12.4 Å². The molecule has 1 aliphatic rings. The van der Waals surface area contributed by atoms with Gasteiger partial charge < -0.3 is 21.5 Å². The number of fused-ring (bicyclic) bond motifs is 1. The molecule has 6 nitrogen and oxygen atoms in total. The van der Waals surface area contributed by atoms with E-state index in [1.54, 1.807) is 12.1 Å². The molecular formula is C20H22Cl3N3O3. The van der Waals surface area contributed by atoms with Crippen LogP contribution in [0.25, 0.3) is 0 Å². The van der Waals surface area contributed by atoms with Gasteiger partial charge in [0.05, 0.1) is 6.04 Å². The molecule has 156 valence electrons. The third kappa shape index (κ3) is 5.76. The highest BCUT2D eigenvalue weighted by atomic mass is 35.5. The van der Waals surface area contributed by atoms with Crippen molar-refractivity contribution in [1.82, 2.24) is 5.32 Å². The summed E-state index contributed by atoms with van der Waals surface area (Å²) >= 11 is 12.4. The van der Waals surface area contributed by atoms with E-state index in [2.05, 4.69) is 10.6 Å². The molecule has 0 unspecified atom stereocenters. The lowest BCUT2D eigenvalue weighted by Crippen LogP contribution is -2.41. The molecule has 1 amide bonds.